The maximum atomic E-state index is 11.9. The van der Waals surface area contributed by atoms with E-state index in [1.165, 1.54) is 18.1 Å². The van der Waals surface area contributed by atoms with Gasteiger partial charge in [-0.2, -0.15) is 10.1 Å². The molecule has 0 saturated carbocycles. The van der Waals surface area contributed by atoms with Crippen LogP contribution >= 0.6 is 11.8 Å². The number of thioether (sulfide) groups is 1. The summed E-state index contributed by atoms with van der Waals surface area (Å²) < 4.78 is 7.23. The summed E-state index contributed by atoms with van der Waals surface area (Å²) in [6.45, 7) is 0.600. The third kappa shape index (κ3) is 3.83. The maximum Gasteiger partial charge on any atom is 0.257 e. The lowest BCUT2D eigenvalue weighted by Gasteiger charge is -2.04. The van der Waals surface area contributed by atoms with Crippen LogP contribution in [0.5, 0.6) is 0 Å². The number of nitrogens with one attached hydrogen (secondary N) is 1. The lowest BCUT2D eigenvalue weighted by molar-refractivity contribution is -0.118. The number of carbonyl (C=O) groups is 1. The van der Waals surface area contributed by atoms with E-state index in [9.17, 15) is 4.79 Å². The summed E-state index contributed by atoms with van der Waals surface area (Å²) >= 11 is 1.29. The van der Waals surface area contributed by atoms with Gasteiger partial charge in [-0.05, 0) is 30.5 Å². The summed E-state index contributed by atoms with van der Waals surface area (Å²) in [4.78, 5) is 24.5. The van der Waals surface area contributed by atoms with Crippen LogP contribution in [0.25, 0.3) is 16.9 Å². The Balaban J connectivity index is 1.20. The molecule has 8 nitrogen and oxygen atoms in total. The highest BCUT2D eigenvalue weighted by Gasteiger charge is 2.08. The van der Waals surface area contributed by atoms with Crippen molar-refractivity contribution in [1.82, 2.24) is 29.9 Å². The average molecular weight is 368 g/mol. The van der Waals surface area contributed by atoms with E-state index >= 15 is 0 Å². The summed E-state index contributed by atoms with van der Waals surface area (Å²) in [7, 11) is 0. The van der Waals surface area contributed by atoms with E-state index in [-0.39, 0.29) is 11.7 Å². The van der Waals surface area contributed by atoms with Crippen LogP contribution in [0, 0.1) is 0 Å². The zero-order valence-electron chi connectivity index (χ0n) is 13.8. The molecule has 0 atom stereocenters. The Morgan fingerprint density at radius 3 is 3.12 bits per heavy atom. The number of hydrogen-bond donors (Lipinski definition) is 1. The quantitative estimate of drug-likeness (QED) is 0.394. The summed E-state index contributed by atoms with van der Waals surface area (Å²) in [5.41, 5.74) is 2.58. The van der Waals surface area contributed by atoms with Crippen molar-refractivity contribution in [3.63, 3.8) is 0 Å². The van der Waals surface area contributed by atoms with Gasteiger partial charge in [-0.1, -0.05) is 23.9 Å². The van der Waals surface area contributed by atoms with E-state index in [0.717, 1.165) is 29.5 Å². The van der Waals surface area contributed by atoms with Crippen molar-refractivity contribution in [2.45, 2.75) is 18.1 Å². The summed E-state index contributed by atoms with van der Waals surface area (Å²) in [5, 5.41) is 7.47. The Labute approximate surface area is 153 Å². The van der Waals surface area contributed by atoms with Crippen molar-refractivity contribution in [1.29, 1.82) is 0 Å². The molecular weight excluding hydrogens is 352 g/mol. The normalized spacial score (nSPS) is 11.2. The van der Waals surface area contributed by atoms with Gasteiger partial charge in [0.25, 0.3) is 11.0 Å². The minimum absolute atomic E-state index is 0.0397. The number of rotatable bonds is 7. The molecule has 9 heteroatoms. The Hall–Kier alpha value is -2.94. The van der Waals surface area contributed by atoms with Crippen molar-refractivity contribution in [2.75, 3.05) is 12.3 Å². The van der Waals surface area contributed by atoms with Crippen molar-refractivity contribution in [3.05, 3.63) is 48.5 Å². The lowest BCUT2D eigenvalue weighted by atomic mass is 10.2. The van der Waals surface area contributed by atoms with Gasteiger partial charge in [-0.15, -0.1) is 0 Å². The minimum atomic E-state index is -0.0397. The molecule has 0 aliphatic rings. The zero-order valence-corrected chi connectivity index (χ0v) is 14.6. The molecule has 0 unspecified atom stereocenters. The fourth-order valence-electron chi connectivity index (χ4n) is 2.50. The molecule has 0 bridgehead atoms. The highest BCUT2D eigenvalue weighted by atomic mass is 32.2. The highest BCUT2D eigenvalue weighted by Crippen LogP contribution is 2.22. The summed E-state index contributed by atoms with van der Waals surface area (Å²) in [5.74, 6) is 0.819. The number of aryl methyl sites for hydroxylation is 1. The van der Waals surface area contributed by atoms with Gasteiger partial charge < -0.3 is 9.73 Å². The van der Waals surface area contributed by atoms with Crippen LogP contribution in [0.3, 0.4) is 0 Å². The van der Waals surface area contributed by atoms with E-state index < -0.39 is 0 Å². The van der Waals surface area contributed by atoms with Crippen LogP contribution in [-0.2, 0) is 11.2 Å². The Morgan fingerprint density at radius 1 is 1.27 bits per heavy atom. The first-order chi connectivity index (χ1) is 12.8. The second-order valence-corrected chi connectivity index (χ2v) is 6.58. The van der Waals surface area contributed by atoms with Crippen LogP contribution < -0.4 is 5.32 Å². The monoisotopic (exact) mass is 368 g/mol. The fourth-order valence-corrected chi connectivity index (χ4v) is 3.17. The SMILES string of the molecule is O=C(CSc1nc2ccccc2o1)NCCCc1cnc2ncnn2c1. The molecule has 4 aromatic rings. The van der Waals surface area contributed by atoms with Crippen LogP contribution in [0.1, 0.15) is 12.0 Å². The Morgan fingerprint density at radius 2 is 2.19 bits per heavy atom. The number of carbonyl (C=O) groups excluding carboxylic acids is 1. The predicted octanol–water partition coefficient (Wildman–Crippen LogP) is 2.11. The molecule has 0 fully saturated rings. The molecule has 1 N–H and O–H groups in total. The van der Waals surface area contributed by atoms with Crippen LogP contribution in [0.15, 0.2) is 52.6 Å². The van der Waals surface area contributed by atoms with Gasteiger partial charge in [-0.3, -0.25) is 4.79 Å². The smallest absolute Gasteiger partial charge is 0.257 e. The molecule has 3 heterocycles. The fraction of sp³-hybridized carbons (Fsp3) is 0.235. The first kappa shape index (κ1) is 16.5. The molecule has 0 aliphatic heterocycles. The van der Waals surface area contributed by atoms with Crippen LogP contribution in [-0.4, -0.2) is 42.8 Å². The van der Waals surface area contributed by atoms with Gasteiger partial charge in [0.15, 0.2) is 5.58 Å². The summed E-state index contributed by atoms with van der Waals surface area (Å²) in [6, 6.07) is 7.54. The number of fused-ring (bicyclic) bond motifs is 2. The lowest BCUT2D eigenvalue weighted by Crippen LogP contribution is -2.26. The van der Waals surface area contributed by atoms with E-state index in [4.69, 9.17) is 4.42 Å². The predicted molar refractivity (Wildman–Crippen MR) is 96.8 cm³/mol. The van der Waals surface area contributed by atoms with Gasteiger partial charge in [0.2, 0.25) is 5.91 Å². The average Bonchev–Trinajstić information content (AvgIpc) is 3.29. The van der Waals surface area contributed by atoms with Gasteiger partial charge in [0, 0.05) is 18.9 Å². The second-order valence-electron chi connectivity index (χ2n) is 5.66. The molecule has 132 valence electrons. The topological polar surface area (TPSA) is 98.2 Å². The van der Waals surface area contributed by atoms with E-state index in [1.54, 1.807) is 10.7 Å². The Bertz CT molecular complexity index is 1010. The zero-order chi connectivity index (χ0) is 17.8. The molecule has 4 rings (SSSR count). The van der Waals surface area contributed by atoms with Gasteiger partial charge in [0.1, 0.15) is 11.8 Å². The second kappa shape index (κ2) is 7.52. The summed E-state index contributed by atoms with van der Waals surface area (Å²) in [6.07, 6.45) is 6.79. The number of para-hydroxylation sites is 2. The van der Waals surface area contributed by atoms with Gasteiger partial charge in [-0.25, -0.2) is 14.5 Å². The highest BCUT2D eigenvalue weighted by molar-refractivity contribution is 7.99. The van der Waals surface area contributed by atoms with Crippen molar-refractivity contribution >= 4 is 34.5 Å². The molecule has 26 heavy (non-hydrogen) atoms. The van der Waals surface area contributed by atoms with E-state index in [1.807, 2.05) is 30.5 Å². The largest absolute Gasteiger partial charge is 0.431 e. The van der Waals surface area contributed by atoms with Crippen LogP contribution in [0.4, 0.5) is 0 Å². The molecular formula is C17H16N6O2S. The molecule has 1 aromatic carbocycles. The number of amides is 1. The van der Waals surface area contributed by atoms with Crippen LogP contribution in [0.2, 0.25) is 0 Å². The maximum absolute atomic E-state index is 11.9. The molecule has 3 aromatic heterocycles. The van der Waals surface area contributed by atoms with E-state index in [2.05, 4.69) is 25.4 Å². The molecule has 0 saturated heterocycles. The minimum Gasteiger partial charge on any atom is -0.431 e. The molecule has 0 spiro atoms. The van der Waals surface area contributed by atoms with E-state index in [0.29, 0.717) is 17.5 Å². The first-order valence-corrected chi connectivity index (χ1v) is 9.16. The molecule has 0 aliphatic carbocycles. The van der Waals surface area contributed by atoms with Crippen molar-refractivity contribution in [3.8, 4) is 0 Å². The van der Waals surface area contributed by atoms with Gasteiger partial charge in [0.05, 0.1) is 5.75 Å². The Kier molecular flexibility index (Phi) is 4.78. The van der Waals surface area contributed by atoms with Crippen molar-refractivity contribution in [2.24, 2.45) is 0 Å². The van der Waals surface area contributed by atoms with Gasteiger partial charge >= 0.3 is 0 Å². The third-order valence-corrected chi connectivity index (χ3v) is 4.58. The number of benzene rings is 1. The van der Waals surface area contributed by atoms with Crippen molar-refractivity contribution < 1.29 is 9.21 Å². The third-order valence-electron chi connectivity index (χ3n) is 3.75. The number of hydrogen-bond acceptors (Lipinski definition) is 7. The first-order valence-electron chi connectivity index (χ1n) is 8.17. The number of aromatic nitrogens is 5. The molecule has 0 radical (unpaired) electrons. The number of oxazole rings is 1. The number of nitrogens with zero attached hydrogens (tertiary/aromatic N) is 5. The molecule has 1 amide bonds. The standard InChI is InChI=1S/C17H16N6O2S/c24-15(10-26-17-22-13-5-1-2-6-14(13)25-17)18-7-3-4-12-8-19-16-20-11-21-23(16)9-12/h1-2,5-6,8-9,11H,3-4,7,10H2,(H,18,24).